The second kappa shape index (κ2) is 10.6. The number of rotatable bonds is 7. The van der Waals surface area contributed by atoms with Crippen molar-refractivity contribution >= 4 is 63.7 Å². The minimum Gasteiger partial charge on any atom is -0.490 e. The van der Waals surface area contributed by atoms with Gasteiger partial charge in [-0.25, -0.2) is 9.79 Å². The number of carbonyl (C=O) groups excluding carboxylic acids is 1. The van der Waals surface area contributed by atoms with Gasteiger partial charge in [-0.15, -0.1) is 0 Å². The third kappa shape index (κ3) is 5.69. The van der Waals surface area contributed by atoms with Crippen LogP contribution in [-0.2, 0) is 16.1 Å². The van der Waals surface area contributed by atoms with E-state index < -0.39 is 5.97 Å². The second-order valence-electron chi connectivity index (χ2n) is 6.98. The van der Waals surface area contributed by atoms with E-state index in [9.17, 15) is 4.79 Å². The first kappa shape index (κ1) is 23.6. The van der Waals surface area contributed by atoms with Gasteiger partial charge in [0.2, 0.25) is 5.90 Å². The van der Waals surface area contributed by atoms with Crippen LogP contribution in [0, 0.1) is 3.57 Å². The maximum absolute atomic E-state index is 12.4. The molecule has 0 bridgehead atoms. The zero-order valence-corrected chi connectivity index (χ0v) is 21.1. The van der Waals surface area contributed by atoms with Crippen LogP contribution in [-0.4, -0.2) is 18.5 Å². The second-order valence-corrected chi connectivity index (χ2v) is 8.99. The van der Waals surface area contributed by atoms with Crippen molar-refractivity contribution in [2.75, 3.05) is 6.61 Å². The van der Waals surface area contributed by atoms with E-state index in [0.29, 0.717) is 40.3 Å². The summed E-state index contributed by atoms with van der Waals surface area (Å²) in [6.07, 6.45) is 1.63. The first-order valence-corrected chi connectivity index (χ1v) is 11.9. The normalized spacial score (nSPS) is 14.2. The lowest BCUT2D eigenvalue weighted by molar-refractivity contribution is -0.129. The summed E-state index contributed by atoms with van der Waals surface area (Å²) in [6.45, 7) is 2.79. The van der Waals surface area contributed by atoms with Crippen molar-refractivity contribution < 1.29 is 19.0 Å². The number of esters is 1. The molecule has 168 valence electrons. The highest BCUT2D eigenvalue weighted by atomic mass is 127. The molecular formula is C25H18Cl2INO4. The molecule has 0 fully saturated rings. The largest absolute Gasteiger partial charge is 0.490 e. The first-order valence-electron chi connectivity index (χ1n) is 10.1. The van der Waals surface area contributed by atoms with Gasteiger partial charge in [0.15, 0.2) is 17.2 Å². The molecule has 8 heteroatoms. The molecule has 5 nitrogen and oxygen atoms in total. The molecule has 0 saturated heterocycles. The van der Waals surface area contributed by atoms with E-state index >= 15 is 0 Å². The number of halogens is 3. The fraction of sp³-hybridized carbons (Fsp3) is 0.120. The lowest BCUT2D eigenvalue weighted by Gasteiger charge is -2.13. The molecule has 1 aliphatic heterocycles. The first-order chi connectivity index (χ1) is 15.9. The third-order valence-corrected chi connectivity index (χ3v) is 6.29. The van der Waals surface area contributed by atoms with Gasteiger partial charge in [-0.05, 0) is 77.6 Å². The van der Waals surface area contributed by atoms with Crippen LogP contribution in [0.5, 0.6) is 11.5 Å². The van der Waals surface area contributed by atoms with Gasteiger partial charge in [-0.2, -0.15) is 0 Å². The average Bonchev–Trinajstić information content (AvgIpc) is 3.14. The van der Waals surface area contributed by atoms with Gasteiger partial charge in [-0.1, -0.05) is 47.5 Å². The summed E-state index contributed by atoms with van der Waals surface area (Å²) in [7, 11) is 0. The standard InChI is InChI=1S/C25H18Cl2INO4/c1-2-31-23-12-15(7-10-22(23)32-14-16-5-3-4-6-20(16)28)11-21-25(30)33-24(29-21)18-9-8-17(26)13-19(18)27/h3-13H,2,14H2,1H3/b21-11-. The highest BCUT2D eigenvalue weighted by molar-refractivity contribution is 14.1. The summed E-state index contributed by atoms with van der Waals surface area (Å²) in [5.74, 6) is 0.766. The zero-order chi connectivity index (χ0) is 23.4. The van der Waals surface area contributed by atoms with Gasteiger partial charge in [0.25, 0.3) is 0 Å². The van der Waals surface area contributed by atoms with Crippen molar-refractivity contribution in [3.63, 3.8) is 0 Å². The van der Waals surface area contributed by atoms with Crippen LogP contribution in [0.3, 0.4) is 0 Å². The van der Waals surface area contributed by atoms with Gasteiger partial charge < -0.3 is 14.2 Å². The summed E-state index contributed by atoms with van der Waals surface area (Å²) in [5, 5.41) is 0.834. The van der Waals surface area contributed by atoms with E-state index in [1.807, 2.05) is 43.3 Å². The van der Waals surface area contributed by atoms with Crippen molar-refractivity contribution in [1.82, 2.24) is 0 Å². The number of hydrogen-bond acceptors (Lipinski definition) is 5. The Morgan fingerprint density at radius 1 is 1.03 bits per heavy atom. The Morgan fingerprint density at radius 3 is 2.61 bits per heavy atom. The van der Waals surface area contributed by atoms with Crippen molar-refractivity contribution in [2.24, 2.45) is 4.99 Å². The summed E-state index contributed by atoms with van der Waals surface area (Å²) in [6, 6.07) is 18.4. The Morgan fingerprint density at radius 2 is 1.85 bits per heavy atom. The lowest BCUT2D eigenvalue weighted by Crippen LogP contribution is -2.06. The number of nitrogens with zero attached hydrogens (tertiary/aromatic N) is 1. The average molecular weight is 594 g/mol. The Labute approximate surface area is 215 Å². The molecule has 1 heterocycles. The number of aliphatic imine (C=N–C) groups is 1. The van der Waals surface area contributed by atoms with Crippen LogP contribution >= 0.6 is 45.8 Å². The highest BCUT2D eigenvalue weighted by Crippen LogP contribution is 2.32. The SMILES string of the molecule is CCOc1cc(/C=C2\N=C(c3ccc(Cl)cc3Cl)OC2=O)ccc1OCc1ccccc1I. The van der Waals surface area contributed by atoms with Crippen LogP contribution in [0.4, 0.5) is 0 Å². The third-order valence-electron chi connectivity index (χ3n) is 4.69. The van der Waals surface area contributed by atoms with Crippen LogP contribution in [0.1, 0.15) is 23.6 Å². The minimum atomic E-state index is -0.562. The molecule has 33 heavy (non-hydrogen) atoms. The highest BCUT2D eigenvalue weighted by Gasteiger charge is 2.26. The van der Waals surface area contributed by atoms with E-state index in [4.69, 9.17) is 37.4 Å². The summed E-state index contributed by atoms with van der Waals surface area (Å²) in [5.41, 5.74) is 2.46. The molecule has 0 amide bonds. The minimum absolute atomic E-state index is 0.135. The van der Waals surface area contributed by atoms with Gasteiger partial charge >= 0.3 is 5.97 Å². The molecule has 0 atom stereocenters. The van der Waals surface area contributed by atoms with E-state index in [1.165, 1.54) is 0 Å². The van der Waals surface area contributed by atoms with E-state index in [0.717, 1.165) is 14.7 Å². The fourth-order valence-corrected chi connectivity index (χ4v) is 4.15. The van der Waals surface area contributed by atoms with E-state index in [-0.39, 0.29) is 11.6 Å². The smallest absolute Gasteiger partial charge is 0.363 e. The molecule has 3 aromatic carbocycles. The maximum atomic E-state index is 12.4. The molecule has 4 rings (SSSR count). The van der Waals surface area contributed by atoms with Crippen LogP contribution in [0.2, 0.25) is 10.0 Å². The molecule has 0 aliphatic carbocycles. The molecule has 1 aliphatic rings. The van der Waals surface area contributed by atoms with Gasteiger partial charge in [0.1, 0.15) is 6.61 Å². The molecule has 0 N–H and O–H groups in total. The van der Waals surface area contributed by atoms with E-state index in [1.54, 1.807) is 30.3 Å². The van der Waals surface area contributed by atoms with Crippen LogP contribution in [0.15, 0.2) is 71.4 Å². The monoisotopic (exact) mass is 593 g/mol. The summed E-state index contributed by atoms with van der Waals surface area (Å²) in [4.78, 5) is 16.7. The topological polar surface area (TPSA) is 57.1 Å². The zero-order valence-electron chi connectivity index (χ0n) is 17.5. The van der Waals surface area contributed by atoms with Crippen molar-refractivity contribution in [2.45, 2.75) is 13.5 Å². The number of ether oxygens (including phenoxy) is 3. The predicted octanol–water partition coefficient (Wildman–Crippen LogP) is 6.92. The number of carbonyl (C=O) groups is 1. The summed E-state index contributed by atoms with van der Waals surface area (Å²) < 4.78 is 18.2. The Balaban J connectivity index is 1.58. The maximum Gasteiger partial charge on any atom is 0.363 e. The lowest BCUT2D eigenvalue weighted by atomic mass is 10.1. The Bertz CT molecular complexity index is 1270. The molecule has 3 aromatic rings. The molecular weight excluding hydrogens is 576 g/mol. The van der Waals surface area contributed by atoms with Gasteiger partial charge in [0.05, 0.1) is 17.2 Å². The Hall–Kier alpha value is -2.55. The number of hydrogen-bond donors (Lipinski definition) is 0. The summed E-state index contributed by atoms with van der Waals surface area (Å²) >= 11 is 14.4. The van der Waals surface area contributed by atoms with Gasteiger partial charge in [0, 0.05) is 14.2 Å². The van der Waals surface area contributed by atoms with E-state index in [2.05, 4.69) is 27.6 Å². The van der Waals surface area contributed by atoms with Crippen molar-refractivity contribution in [3.05, 3.63) is 96.7 Å². The van der Waals surface area contributed by atoms with Crippen LogP contribution < -0.4 is 9.47 Å². The molecule has 0 unspecified atom stereocenters. The van der Waals surface area contributed by atoms with Crippen molar-refractivity contribution in [1.29, 1.82) is 0 Å². The molecule has 0 radical (unpaired) electrons. The molecule has 0 saturated carbocycles. The molecule has 0 spiro atoms. The van der Waals surface area contributed by atoms with Gasteiger partial charge in [-0.3, -0.25) is 0 Å². The predicted molar refractivity (Wildman–Crippen MR) is 138 cm³/mol. The number of cyclic esters (lactones) is 1. The van der Waals surface area contributed by atoms with Crippen molar-refractivity contribution in [3.8, 4) is 11.5 Å². The quantitative estimate of drug-likeness (QED) is 0.169. The molecule has 0 aromatic heterocycles. The Kier molecular flexibility index (Phi) is 7.57. The fourth-order valence-electron chi connectivity index (χ4n) is 3.12. The van der Waals surface area contributed by atoms with Crippen LogP contribution in [0.25, 0.3) is 6.08 Å². The number of benzene rings is 3.